The smallest absolute Gasteiger partial charge is 0.303 e. The number of nitrogens with zero attached hydrogens (tertiary/aromatic N) is 1. The van der Waals surface area contributed by atoms with Crippen LogP contribution in [0.15, 0.2) is 42.6 Å². The third-order valence-corrected chi connectivity index (χ3v) is 5.51. The van der Waals surface area contributed by atoms with E-state index >= 15 is 0 Å². The Morgan fingerprint density at radius 2 is 1.17 bits per heavy atom. The number of hydrogen-bond donors (Lipinski definition) is 1. The summed E-state index contributed by atoms with van der Waals surface area (Å²) < 4.78 is 0. The van der Waals surface area contributed by atoms with E-state index in [2.05, 4.69) is 24.0 Å². The average Bonchev–Trinajstić information content (AvgIpc) is 2.77. The second-order valence-corrected chi connectivity index (χ2v) is 8.29. The Kier molecular flexibility index (Phi) is 16.6. The molecule has 0 atom stereocenters. The molecule has 1 aromatic heterocycles. The first kappa shape index (κ1) is 26.1. The number of carboxylic acids is 1. The van der Waals surface area contributed by atoms with E-state index in [0.717, 1.165) is 18.4 Å². The second-order valence-electron chi connectivity index (χ2n) is 8.29. The normalized spacial score (nSPS) is 10.6. The first-order valence-electron chi connectivity index (χ1n) is 12.3. The molecule has 1 heterocycles. The molecule has 0 saturated heterocycles. The molecule has 0 saturated carbocycles. The molecule has 0 aliphatic carbocycles. The van der Waals surface area contributed by atoms with E-state index in [-0.39, 0.29) is 0 Å². The lowest BCUT2D eigenvalue weighted by Crippen LogP contribution is -1.93. The topological polar surface area (TPSA) is 50.2 Å². The fourth-order valence-corrected chi connectivity index (χ4v) is 3.66. The third kappa shape index (κ3) is 15.0. The molecule has 0 aliphatic rings. The lowest BCUT2D eigenvalue weighted by molar-refractivity contribution is -0.137. The Balaban J connectivity index is 0.000000367. The largest absolute Gasteiger partial charge is 0.481 e. The van der Waals surface area contributed by atoms with Crippen molar-refractivity contribution in [3.8, 4) is 0 Å². The molecule has 0 amide bonds. The molecule has 2 aromatic rings. The van der Waals surface area contributed by atoms with Gasteiger partial charge in [-0.25, -0.2) is 0 Å². The Morgan fingerprint density at radius 3 is 1.67 bits per heavy atom. The summed E-state index contributed by atoms with van der Waals surface area (Å²) in [6, 6.07) is 12.1. The highest BCUT2D eigenvalue weighted by atomic mass is 16.4. The third-order valence-electron chi connectivity index (χ3n) is 5.51. The van der Waals surface area contributed by atoms with Crippen LogP contribution >= 0.6 is 0 Å². The van der Waals surface area contributed by atoms with Gasteiger partial charge in [0.2, 0.25) is 0 Å². The molecule has 2 rings (SSSR count). The monoisotopic (exact) mass is 413 g/mol. The van der Waals surface area contributed by atoms with E-state index in [0.29, 0.717) is 6.42 Å². The number of carboxylic acid groups (broad SMARTS) is 1. The minimum Gasteiger partial charge on any atom is -0.481 e. The number of unbranched alkanes of at least 4 members (excludes halogenated alkanes) is 14. The SMILES string of the molecule is CCCCCCCCCCCCCCCCCC(=O)O.c1ccc2ncccc2c1. The zero-order valence-corrected chi connectivity index (χ0v) is 19.2. The van der Waals surface area contributed by atoms with Gasteiger partial charge in [0, 0.05) is 18.0 Å². The first-order valence-corrected chi connectivity index (χ1v) is 12.3. The first-order chi connectivity index (χ1) is 14.7. The van der Waals surface area contributed by atoms with Crippen molar-refractivity contribution >= 4 is 16.9 Å². The number of benzene rings is 1. The molecule has 3 nitrogen and oxygen atoms in total. The number of rotatable bonds is 16. The summed E-state index contributed by atoms with van der Waals surface area (Å²) in [5.74, 6) is -0.653. The maximum Gasteiger partial charge on any atom is 0.303 e. The quantitative estimate of drug-likeness (QED) is 0.280. The lowest BCUT2D eigenvalue weighted by atomic mass is 10.0. The Labute approximate surface area is 184 Å². The van der Waals surface area contributed by atoms with E-state index in [4.69, 9.17) is 5.11 Å². The van der Waals surface area contributed by atoms with Crippen LogP contribution in [0.3, 0.4) is 0 Å². The van der Waals surface area contributed by atoms with Crippen LogP contribution < -0.4 is 0 Å². The minimum atomic E-state index is -0.653. The van der Waals surface area contributed by atoms with E-state index in [1.54, 1.807) is 0 Å². The average molecular weight is 414 g/mol. The summed E-state index contributed by atoms with van der Waals surface area (Å²) in [5, 5.41) is 9.72. The highest BCUT2D eigenvalue weighted by Crippen LogP contribution is 2.13. The van der Waals surface area contributed by atoms with Crippen LogP contribution in [0.5, 0.6) is 0 Å². The van der Waals surface area contributed by atoms with Crippen LogP contribution in [0.4, 0.5) is 0 Å². The van der Waals surface area contributed by atoms with Gasteiger partial charge in [-0.15, -0.1) is 0 Å². The van der Waals surface area contributed by atoms with Gasteiger partial charge in [0.25, 0.3) is 0 Å². The number of aliphatic carboxylic acids is 1. The van der Waals surface area contributed by atoms with Crippen molar-refractivity contribution in [2.45, 2.75) is 110 Å². The number of hydrogen-bond acceptors (Lipinski definition) is 2. The van der Waals surface area contributed by atoms with Crippen molar-refractivity contribution < 1.29 is 9.90 Å². The van der Waals surface area contributed by atoms with E-state index in [1.807, 2.05) is 30.5 Å². The molecular weight excluding hydrogens is 370 g/mol. The standard InChI is InChI=1S/C18H36O2.C9H7N/c1-2-3-4-5-6-7-8-9-10-11-12-13-14-15-16-17-18(19)20;1-2-6-9-8(4-1)5-3-7-10-9/h2-17H2,1H3,(H,19,20);1-7H. The van der Waals surface area contributed by atoms with Crippen LogP contribution in [0.2, 0.25) is 0 Å². The lowest BCUT2D eigenvalue weighted by Gasteiger charge is -2.03. The Bertz CT molecular complexity index is 591. The number of aromatic nitrogens is 1. The summed E-state index contributed by atoms with van der Waals surface area (Å²) in [7, 11) is 0. The van der Waals surface area contributed by atoms with E-state index in [1.165, 1.54) is 88.9 Å². The van der Waals surface area contributed by atoms with Crippen molar-refractivity contribution in [1.29, 1.82) is 0 Å². The van der Waals surface area contributed by atoms with Gasteiger partial charge in [0.1, 0.15) is 0 Å². The molecule has 0 aliphatic heterocycles. The summed E-state index contributed by atoms with van der Waals surface area (Å²) >= 11 is 0. The number of fused-ring (bicyclic) bond motifs is 1. The van der Waals surface area contributed by atoms with Gasteiger partial charge < -0.3 is 5.11 Å². The summed E-state index contributed by atoms with van der Waals surface area (Å²) in [4.78, 5) is 14.5. The molecule has 0 bridgehead atoms. The maximum absolute atomic E-state index is 10.3. The predicted molar refractivity (Wildman–Crippen MR) is 129 cm³/mol. The van der Waals surface area contributed by atoms with Gasteiger partial charge in [-0.05, 0) is 18.6 Å². The highest BCUT2D eigenvalue weighted by Gasteiger charge is 1.97. The zero-order valence-electron chi connectivity index (χ0n) is 19.2. The Hall–Kier alpha value is -1.90. The molecule has 30 heavy (non-hydrogen) atoms. The fraction of sp³-hybridized carbons (Fsp3) is 0.630. The molecule has 0 radical (unpaired) electrons. The van der Waals surface area contributed by atoms with Gasteiger partial charge in [-0.2, -0.15) is 0 Å². The van der Waals surface area contributed by atoms with Crippen molar-refractivity contribution in [2.75, 3.05) is 0 Å². The molecule has 0 fully saturated rings. The van der Waals surface area contributed by atoms with Crippen LogP contribution in [-0.4, -0.2) is 16.1 Å². The maximum atomic E-state index is 10.3. The molecule has 3 heteroatoms. The molecule has 1 N–H and O–H groups in total. The second kappa shape index (κ2) is 19.1. The summed E-state index contributed by atoms with van der Waals surface area (Å²) in [6.07, 6.45) is 22.0. The fourth-order valence-electron chi connectivity index (χ4n) is 3.66. The van der Waals surface area contributed by atoms with Gasteiger partial charge in [-0.3, -0.25) is 9.78 Å². The molecular formula is C27H43NO2. The molecule has 0 spiro atoms. The number of pyridine rings is 1. The van der Waals surface area contributed by atoms with Crippen molar-refractivity contribution in [1.82, 2.24) is 4.98 Å². The van der Waals surface area contributed by atoms with Crippen LogP contribution in [0, 0.1) is 0 Å². The van der Waals surface area contributed by atoms with Gasteiger partial charge >= 0.3 is 5.97 Å². The summed E-state index contributed by atoms with van der Waals surface area (Å²) in [6.45, 7) is 2.27. The van der Waals surface area contributed by atoms with Crippen LogP contribution in [0.1, 0.15) is 110 Å². The van der Waals surface area contributed by atoms with Crippen molar-refractivity contribution in [3.05, 3.63) is 42.6 Å². The molecule has 1 aromatic carbocycles. The zero-order chi connectivity index (χ0) is 21.7. The number of carbonyl (C=O) groups is 1. The Morgan fingerprint density at radius 1 is 0.700 bits per heavy atom. The van der Waals surface area contributed by atoms with Crippen molar-refractivity contribution in [2.24, 2.45) is 0 Å². The van der Waals surface area contributed by atoms with Crippen molar-refractivity contribution in [3.63, 3.8) is 0 Å². The van der Waals surface area contributed by atoms with Crippen LogP contribution in [-0.2, 0) is 4.79 Å². The van der Waals surface area contributed by atoms with Gasteiger partial charge in [-0.1, -0.05) is 121 Å². The van der Waals surface area contributed by atoms with E-state index < -0.39 is 5.97 Å². The van der Waals surface area contributed by atoms with Gasteiger partial charge in [0.05, 0.1) is 5.52 Å². The summed E-state index contributed by atoms with van der Waals surface area (Å²) in [5.41, 5.74) is 1.06. The highest BCUT2D eigenvalue weighted by molar-refractivity contribution is 5.77. The predicted octanol–water partition coefficient (Wildman–Crippen LogP) is 8.57. The van der Waals surface area contributed by atoms with Gasteiger partial charge in [0.15, 0.2) is 0 Å². The molecule has 168 valence electrons. The molecule has 0 unspecified atom stereocenters. The van der Waals surface area contributed by atoms with Crippen LogP contribution in [0.25, 0.3) is 10.9 Å². The number of para-hydroxylation sites is 1. The van der Waals surface area contributed by atoms with E-state index in [9.17, 15) is 4.79 Å². The minimum absolute atomic E-state index is 0.345.